The van der Waals surface area contributed by atoms with E-state index < -0.39 is 0 Å². The number of carbonyl (C=O) groups excluding carboxylic acids is 1. The Morgan fingerprint density at radius 3 is 2.57 bits per heavy atom. The molecular weight excluding hydrogens is 372 g/mol. The summed E-state index contributed by atoms with van der Waals surface area (Å²) < 4.78 is 5.41. The van der Waals surface area contributed by atoms with E-state index in [1.807, 2.05) is 12.1 Å². The van der Waals surface area contributed by atoms with Gasteiger partial charge in [0.05, 0.1) is 18.8 Å². The first kappa shape index (κ1) is 20.0. The molecule has 148 valence electrons. The summed E-state index contributed by atoms with van der Waals surface area (Å²) in [7, 11) is 1.60. The van der Waals surface area contributed by atoms with Crippen molar-refractivity contribution in [3.8, 4) is 10.4 Å². The Hall–Kier alpha value is -2.77. The van der Waals surface area contributed by atoms with Gasteiger partial charge in [-0.3, -0.25) is 4.79 Å². The van der Waals surface area contributed by atoms with Crippen LogP contribution in [0.3, 0.4) is 0 Å². The molecule has 0 radical (unpaired) electrons. The third-order valence-corrected chi connectivity index (χ3v) is 5.78. The van der Waals surface area contributed by atoms with Crippen LogP contribution in [0.5, 0.6) is 0 Å². The van der Waals surface area contributed by atoms with Gasteiger partial charge < -0.3 is 26.4 Å². The summed E-state index contributed by atoms with van der Waals surface area (Å²) in [4.78, 5) is 16.6. The van der Waals surface area contributed by atoms with E-state index in [-0.39, 0.29) is 5.91 Å². The number of hydrogen-bond donors (Lipinski definition) is 3. The lowest BCUT2D eigenvalue weighted by atomic mass is 10.1. The number of likely N-dealkylation sites (N-methyl/N-ethyl adjacent to an activating group) is 1. The predicted molar refractivity (Wildman–Crippen MR) is 116 cm³/mol. The first-order valence-corrected chi connectivity index (χ1v) is 10.1. The van der Waals surface area contributed by atoms with Gasteiger partial charge in [0.15, 0.2) is 0 Å². The Balaban J connectivity index is 1.84. The molecule has 0 aliphatic carbocycles. The molecular formula is C21H26N4O2S. The van der Waals surface area contributed by atoms with Crippen LogP contribution in [0.25, 0.3) is 16.0 Å². The highest BCUT2D eigenvalue weighted by molar-refractivity contribution is 7.16. The number of allylic oxidation sites excluding steroid dienone is 1. The summed E-state index contributed by atoms with van der Waals surface area (Å²) in [6.07, 6.45) is 3.60. The lowest BCUT2D eigenvalue weighted by Crippen LogP contribution is -2.36. The van der Waals surface area contributed by atoms with E-state index in [1.165, 1.54) is 11.9 Å². The second-order valence-corrected chi connectivity index (χ2v) is 7.51. The van der Waals surface area contributed by atoms with Crippen LogP contribution < -0.4 is 21.7 Å². The number of hydrogen-bond acceptors (Lipinski definition) is 6. The maximum atomic E-state index is 12.4. The van der Waals surface area contributed by atoms with Crippen molar-refractivity contribution in [3.63, 3.8) is 0 Å². The zero-order chi connectivity index (χ0) is 19.9. The number of amides is 1. The third-order valence-electron chi connectivity index (χ3n) is 4.63. The van der Waals surface area contributed by atoms with E-state index in [0.717, 1.165) is 41.6 Å². The maximum Gasteiger partial charge on any atom is 0.254 e. The first-order chi connectivity index (χ1) is 13.6. The van der Waals surface area contributed by atoms with Gasteiger partial charge in [-0.25, -0.2) is 0 Å². The minimum absolute atomic E-state index is 0.195. The molecule has 28 heavy (non-hydrogen) atoms. The second-order valence-electron chi connectivity index (χ2n) is 6.42. The van der Waals surface area contributed by atoms with Crippen LogP contribution in [0, 0.1) is 0 Å². The average molecular weight is 399 g/mol. The molecule has 5 N–H and O–H groups in total. The van der Waals surface area contributed by atoms with Crippen LogP contribution in [0.2, 0.25) is 0 Å². The van der Waals surface area contributed by atoms with E-state index in [9.17, 15) is 4.79 Å². The van der Waals surface area contributed by atoms with Gasteiger partial charge in [-0.2, -0.15) is 0 Å². The molecule has 0 saturated carbocycles. The largest absolute Gasteiger partial charge is 0.405 e. The number of morpholine rings is 1. The summed E-state index contributed by atoms with van der Waals surface area (Å²) in [5.41, 5.74) is 14.9. The van der Waals surface area contributed by atoms with Crippen molar-refractivity contribution in [2.75, 3.05) is 38.3 Å². The number of carbonyl (C=O) groups is 1. The Bertz CT molecular complexity index is 865. The molecule has 1 amide bonds. The van der Waals surface area contributed by atoms with Crippen LogP contribution in [0.15, 0.2) is 54.4 Å². The van der Waals surface area contributed by atoms with Gasteiger partial charge in [0.25, 0.3) is 5.91 Å². The van der Waals surface area contributed by atoms with Crippen molar-refractivity contribution >= 4 is 28.5 Å². The molecule has 6 nitrogen and oxygen atoms in total. The summed E-state index contributed by atoms with van der Waals surface area (Å²) in [5, 5.41) is 2.67. The fourth-order valence-electron chi connectivity index (χ4n) is 3.12. The molecule has 1 aromatic carbocycles. The second kappa shape index (κ2) is 9.43. The number of nitrogens with zero attached hydrogens (tertiary/aromatic N) is 1. The number of thiophene rings is 1. The van der Waals surface area contributed by atoms with Crippen LogP contribution in [0.4, 0.5) is 5.69 Å². The van der Waals surface area contributed by atoms with Crippen molar-refractivity contribution < 1.29 is 9.53 Å². The number of nitrogens with two attached hydrogens (primary N) is 2. The van der Waals surface area contributed by atoms with Crippen LogP contribution in [0.1, 0.15) is 11.3 Å². The van der Waals surface area contributed by atoms with Crippen LogP contribution in [-0.4, -0.2) is 39.3 Å². The number of rotatable bonds is 6. The lowest BCUT2D eigenvalue weighted by Gasteiger charge is -2.28. The van der Waals surface area contributed by atoms with Crippen LogP contribution >= 0.6 is 11.3 Å². The SMILES string of the molecule is CNC(=O)/C(=C(/N)C/C=C/N)c1ccc(-c2ccc(N3CCOCC3)cc2)s1. The number of nitrogens with one attached hydrogen (secondary N) is 1. The Labute approximate surface area is 169 Å². The standard InChI is InChI=1S/C21H26N4O2S/c1-24-21(26)20(17(23)3-2-10-22)19-9-8-18(28-19)15-4-6-16(7-5-15)25-11-13-27-14-12-25/h2,4-10H,3,11-14,22-23H2,1H3,(H,24,26)/b10-2+,20-17+. The number of anilines is 1. The van der Waals surface area contributed by atoms with E-state index >= 15 is 0 Å². The Morgan fingerprint density at radius 1 is 1.21 bits per heavy atom. The monoisotopic (exact) mass is 398 g/mol. The molecule has 1 aromatic heterocycles. The van der Waals surface area contributed by atoms with Gasteiger partial charge in [-0.1, -0.05) is 18.2 Å². The minimum atomic E-state index is -0.195. The first-order valence-electron chi connectivity index (χ1n) is 9.24. The third kappa shape index (κ3) is 4.55. The summed E-state index contributed by atoms with van der Waals surface area (Å²) in [5.74, 6) is -0.195. The molecule has 3 rings (SSSR count). The Kier molecular flexibility index (Phi) is 6.73. The maximum absolute atomic E-state index is 12.4. The van der Waals surface area contributed by atoms with Gasteiger partial charge in [0.2, 0.25) is 0 Å². The van der Waals surface area contributed by atoms with Crippen molar-refractivity contribution in [2.24, 2.45) is 11.5 Å². The minimum Gasteiger partial charge on any atom is -0.405 e. The van der Waals surface area contributed by atoms with Crippen molar-refractivity contribution in [1.29, 1.82) is 0 Å². The van der Waals surface area contributed by atoms with E-state index in [2.05, 4.69) is 34.5 Å². The number of benzene rings is 1. The highest BCUT2D eigenvalue weighted by Crippen LogP contribution is 2.34. The topological polar surface area (TPSA) is 93.6 Å². The van der Waals surface area contributed by atoms with Gasteiger partial charge >= 0.3 is 0 Å². The molecule has 0 atom stereocenters. The van der Waals surface area contributed by atoms with Gasteiger partial charge in [0, 0.05) is 47.7 Å². The summed E-state index contributed by atoms with van der Waals surface area (Å²) in [6, 6.07) is 12.5. The smallest absolute Gasteiger partial charge is 0.254 e. The van der Waals surface area contributed by atoms with Gasteiger partial charge in [0.1, 0.15) is 0 Å². The Morgan fingerprint density at radius 2 is 1.93 bits per heavy atom. The predicted octanol–water partition coefficient (Wildman–Crippen LogP) is 2.53. The fraction of sp³-hybridized carbons (Fsp3) is 0.286. The number of ether oxygens (including phenoxy) is 1. The van der Waals surface area contributed by atoms with Gasteiger partial charge in [-0.15, -0.1) is 11.3 Å². The van der Waals surface area contributed by atoms with Crippen molar-refractivity contribution in [1.82, 2.24) is 5.32 Å². The fourth-order valence-corrected chi connectivity index (χ4v) is 4.21. The molecule has 0 unspecified atom stereocenters. The molecule has 2 aromatic rings. The van der Waals surface area contributed by atoms with E-state index in [4.69, 9.17) is 16.2 Å². The zero-order valence-corrected chi connectivity index (χ0v) is 16.8. The molecule has 1 fully saturated rings. The normalized spacial score (nSPS) is 15.5. The average Bonchev–Trinajstić information content (AvgIpc) is 3.22. The molecule has 2 heterocycles. The molecule has 0 bridgehead atoms. The van der Waals surface area contributed by atoms with E-state index in [0.29, 0.717) is 17.7 Å². The molecule has 1 aliphatic heterocycles. The molecule has 1 saturated heterocycles. The highest BCUT2D eigenvalue weighted by atomic mass is 32.1. The van der Waals surface area contributed by atoms with E-state index in [1.54, 1.807) is 24.5 Å². The molecule has 0 spiro atoms. The lowest BCUT2D eigenvalue weighted by molar-refractivity contribution is -0.115. The van der Waals surface area contributed by atoms with Gasteiger partial charge in [-0.05, 0) is 36.0 Å². The molecule has 1 aliphatic rings. The summed E-state index contributed by atoms with van der Waals surface area (Å²) in [6.45, 7) is 3.37. The zero-order valence-electron chi connectivity index (χ0n) is 16.0. The summed E-state index contributed by atoms with van der Waals surface area (Å²) >= 11 is 1.55. The van der Waals surface area contributed by atoms with Crippen molar-refractivity contribution in [3.05, 3.63) is 59.2 Å². The quantitative estimate of drug-likeness (QED) is 0.650. The highest BCUT2D eigenvalue weighted by Gasteiger charge is 2.17. The van der Waals surface area contributed by atoms with Crippen molar-refractivity contribution in [2.45, 2.75) is 6.42 Å². The van der Waals surface area contributed by atoms with Crippen LogP contribution in [-0.2, 0) is 9.53 Å². The molecule has 7 heteroatoms.